The Morgan fingerprint density at radius 1 is 0.964 bits per heavy atom. The number of benzene rings is 1. The van der Waals surface area contributed by atoms with E-state index in [9.17, 15) is 4.79 Å². The van der Waals surface area contributed by atoms with Crippen LogP contribution in [0.5, 0.6) is 0 Å². The van der Waals surface area contributed by atoms with Crippen LogP contribution < -0.4 is 5.32 Å². The van der Waals surface area contributed by atoms with Crippen molar-refractivity contribution < 1.29 is 4.79 Å². The van der Waals surface area contributed by atoms with Gasteiger partial charge in [0.25, 0.3) is 0 Å². The molecule has 0 aromatic heterocycles. The van der Waals surface area contributed by atoms with Gasteiger partial charge in [-0.2, -0.15) is 0 Å². The number of nitrogens with one attached hydrogen (secondary N) is 1. The lowest BCUT2D eigenvalue weighted by molar-refractivity contribution is -0.140. The van der Waals surface area contributed by atoms with Crippen molar-refractivity contribution in [2.24, 2.45) is 34.5 Å². The Kier molecular flexibility index (Phi) is 4.90. The summed E-state index contributed by atoms with van der Waals surface area (Å²) < 4.78 is 0. The SMILES string of the molecule is C[C@]12CCCCC1CC[C@H]1[C@@H]3CCC(=O)[C@@]3(CNCc3ccccc3)CC[C@@H]12. The van der Waals surface area contributed by atoms with Crippen molar-refractivity contribution >= 4 is 5.78 Å². The van der Waals surface area contributed by atoms with Crippen LogP contribution in [0.2, 0.25) is 0 Å². The lowest BCUT2D eigenvalue weighted by Gasteiger charge is -2.60. The van der Waals surface area contributed by atoms with Crippen LogP contribution in [0, 0.1) is 34.5 Å². The largest absolute Gasteiger partial charge is 0.312 e. The molecule has 2 nitrogen and oxygen atoms in total. The van der Waals surface area contributed by atoms with Gasteiger partial charge in [0, 0.05) is 24.9 Å². The van der Waals surface area contributed by atoms with Gasteiger partial charge in [-0.15, -0.1) is 0 Å². The Hall–Kier alpha value is -1.15. The zero-order chi connectivity index (χ0) is 19.2. The molecule has 0 amide bonds. The first kappa shape index (κ1) is 18.9. The van der Waals surface area contributed by atoms with Gasteiger partial charge in [-0.3, -0.25) is 4.79 Å². The van der Waals surface area contributed by atoms with Crippen molar-refractivity contribution in [2.75, 3.05) is 6.54 Å². The van der Waals surface area contributed by atoms with Crippen molar-refractivity contribution in [3.63, 3.8) is 0 Å². The van der Waals surface area contributed by atoms with E-state index in [-0.39, 0.29) is 5.41 Å². The van der Waals surface area contributed by atoms with Crippen LogP contribution in [0.4, 0.5) is 0 Å². The van der Waals surface area contributed by atoms with Gasteiger partial charge in [0.05, 0.1) is 0 Å². The van der Waals surface area contributed by atoms with Crippen LogP contribution in [0.15, 0.2) is 30.3 Å². The first-order chi connectivity index (χ1) is 13.6. The number of hydrogen-bond donors (Lipinski definition) is 1. The predicted molar refractivity (Wildman–Crippen MR) is 114 cm³/mol. The molecule has 0 heterocycles. The number of ketones is 1. The number of Topliss-reactive ketones (excluding diaryl/α,β-unsaturated/α-hetero) is 1. The van der Waals surface area contributed by atoms with Gasteiger partial charge >= 0.3 is 0 Å². The molecule has 4 aliphatic carbocycles. The molecule has 0 aliphatic heterocycles. The molecule has 0 saturated heterocycles. The van der Waals surface area contributed by atoms with Crippen LogP contribution in [0.1, 0.15) is 76.7 Å². The van der Waals surface area contributed by atoms with E-state index >= 15 is 0 Å². The third-order valence-corrected chi connectivity index (χ3v) is 9.64. The second-order valence-electron chi connectivity index (χ2n) is 10.6. The molecule has 6 atom stereocenters. The Labute approximate surface area is 170 Å². The summed E-state index contributed by atoms with van der Waals surface area (Å²) in [5, 5.41) is 3.70. The smallest absolute Gasteiger partial charge is 0.140 e. The molecule has 2 heteroatoms. The van der Waals surface area contributed by atoms with Crippen LogP contribution in [0.25, 0.3) is 0 Å². The van der Waals surface area contributed by atoms with Gasteiger partial charge in [0.1, 0.15) is 5.78 Å². The highest BCUT2D eigenvalue weighted by atomic mass is 16.1. The zero-order valence-corrected chi connectivity index (χ0v) is 17.6. The first-order valence-electron chi connectivity index (χ1n) is 11.9. The molecule has 1 unspecified atom stereocenters. The van der Waals surface area contributed by atoms with E-state index in [0.717, 1.165) is 50.1 Å². The Morgan fingerprint density at radius 2 is 1.82 bits per heavy atom. The molecular formula is C26H37NO. The van der Waals surface area contributed by atoms with E-state index in [1.165, 1.54) is 50.5 Å². The molecule has 0 bridgehead atoms. The van der Waals surface area contributed by atoms with Gasteiger partial charge in [0.15, 0.2) is 0 Å². The average Bonchev–Trinajstić information content (AvgIpc) is 3.05. The van der Waals surface area contributed by atoms with Gasteiger partial charge in [-0.1, -0.05) is 50.1 Å². The number of carbonyl (C=O) groups excluding carboxylic acids is 1. The molecule has 4 fully saturated rings. The third-order valence-electron chi connectivity index (χ3n) is 9.64. The number of hydrogen-bond acceptors (Lipinski definition) is 2. The molecule has 0 spiro atoms. The highest BCUT2D eigenvalue weighted by molar-refractivity contribution is 5.87. The zero-order valence-electron chi connectivity index (χ0n) is 17.6. The number of rotatable bonds is 4. The van der Waals surface area contributed by atoms with E-state index < -0.39 is 0 Å². The summed E-state index contributed by atoms with van der Waals surface area (Å²) in [6.07, 6.45) is 13.0. The topological polar surface area (TPSA) is 29.1 Å². The normalized spacial score (nSPS) is 42.5. The summed E-state index contributed by atoms with van der Waals surface area (Å²) >= 11 is 0. The van der Waals surface area contributed by atoms with E-state index in [1.54, 1.807) is 0 Å². The van der Waals surface area contributed by atoms with E-state index in [1.807, 2.05) is 0 Å². The quantitative estimate of drug-likeness (QED) is 0.721. The van der Waals surface area contributed by atoms with E-state index in [4.69, 9.17) is 0 Å². The van der Waals surface area contributed by atoms with Gasteiger partial charge < -0.3 is 5.32 Å². The molecule has 1 aromatic carbocycles. The van der Waals surface area contributed by atoms with Gasteiger partial charge in [0.2, 0.25) is 0 Å². The van der Waals surface area contributed by atoms with E-state index in [0.29, 0.717) is 17.1 Å². The Morgan fingerprint density at radius 3 is 2.68 bits per heavy atom. The minimum atomic E-state index is -0.0617. The molecule has 28 heavy (non-hydrogen) atoms. The maximum absolute atomic E-state index is 13.2. The monoisotopic (exact) mass is 379 g/mol. The number of fused-ring (bicyclic) bond motifs is 5. The lowest BCUT2D eigenvalue weighted by Crippen LogP contribution is -2.55. The second kappa shape index (κ2) is 7.27. The van der Waals surface area contributed by atoms with Crippen molar-refractivity contribution in [1.82, 2.24) is 5.32 Å². The standard InChI is InChI=1S/C26H37NO/c1-25-15-6-5-9-20(25)10-11-21-22(25)14-16-26(23(21)12-13-24(26)28)18-27-17-19-7-3-2-4-8-19/h2-4,7-8,20-23,27H,5-6,9-18H2,1H3/t20?,21-,22+,23+,25+,26-/m1/s1. The van der Waals surface area contributed by atoms with Gasteiger partial charge in [-0.25, -0.2) is 0 Å². The lowest BCUT2D eigenvalue weighted by atomic mass is 9.45. The van der Waals surface area contributed by atoms with Crippen LogP contribution in [-0.4, -0.2) is 12.3 Å². The summed E-state index contributed by atoms with van der Waals surface area (Å²) in [6, 6.07) is 10.6. The summed E-state index contributed by atoms with van der Waals surface area (Å²) in [7, 11) is 0. The Bertz CT molecular complexity index is 714. The molecule has 4 aliphatic rings. The minimum Gasteiger partial charge on any atom is -0.312 e. The predicted octanol–water partition coefficient (Wildman–Crippen LogP) is 5.76. The summed E-state index contributed by atoms with van der Waals surface area (Å²) in [5.41, 5.74) is 1.83. The fourth-order valence-electron chi connectivity index (χ4n) is 8.23. The Balaban J connectivity index is 1.34. The minimum absolute atomic E-state index is 0.0617. The molecule has 1 N–H and O–H groups in total. The molecular weight excluding hydrogens is 342 g/mol. The second-order valence-corrected chi connectivity index (χ2v) is 10.6. The van der Waals surface area contributed by atoms with Crippen molar-refractivity contribution in [1.29, 1.82) is 0 Å². The maximum Gasteiger partial charge on any atom is 0.140 e. The molecule has 0 radical (unpaired) electrons. The highest BCUT2D eigenvalue weighted by Crippen LogP contribution is 2.65. The fourth-order valence-corrected chi connectivity index (χ4v) is 8.23. The summed E-state index contributed by atoms with van der Waals surface area (Å²) in [5.74, 6) is 3.86. The summed E-state index contributed by atoms with van der Waals surface area (Å²) in [6.45, 7) is 4.41. The fraction of sp³-hybridized carbons (Fsp3) is 0.731. The van der Waals surface area contributed by atoms with Crippen molar-refractivity contribution in [3.8, 4) is 0 Å². The van der Waals surface area contributed by atoms with Crippen LogP contribution >= 0.6 is 0 Å². The first-order valence-corrected chi connectivity index (χ1v) is 11.9. The molecule has 1 aromatic rings. The van der Waals surface area contributed by atoms with Crippen LogP contribution in [-0.2, 0) is 11.3 Å². The van der Waals surface area contributed by atoms with Crippen LogP contribution in [0.3, 0.4) is 0 Å². The van der Waals surface area contributed by atoms with E-state index in [2.05, 4.69) is 42.6 Å². The average molecular weight is 380 g/mol. The maximum atomic E-state index is 13.2. The molecule has 4 saturated carbocycles. The van der Waals surface area contributed by atoms with Crippen molar-refractivity contribution in [3.05, 3.63) is 35.9 Å². The summed E-state index contributed by atoms with van der Waals surface area (Å²) in [4.78, 5) is 13.2. The molecule has 152 valence electrons. The third kappa shape index (κ3) is 2.90. The highest BCUT2D eigenvalue weighted by Gasteiger charge is 2.61. The van der Waals surface area contributed by atoms with Gasteiger partial charge in [-0.05, 0) is 79.6 Å². The van der Waals surface area contributed by atoms with Crippen molar-refractivity contribution in [2.45, 2.75) is 77.7 Å². The molecule has 5 rings (SSSR count). The number of carbonyl (C=O) groups is 1.